The molecule has 1 aromatic heterocycles. The van der Waals surface area contributed by atoms with E-state index in [1.807, 2.05) is 17.7 Å². The van der Waals surface area contributed by atoms with Crippen LogP contribution in [-0.4, -0.2) is 37.8 Å². The first-order valence-corrected chi connectivity index (χ1v) is 6.57. The van der Waals surface area contributed by atoms with Crippen LogP contribution < -0.4 is 0 Å². The number of carboxylic acid groups (broad SMARTS) is 1. The predicted molar refractivity (Wildman–Crippen MR) is 68.2 cm³/mol. The molecular weight excluding hydrogens is 230 g/mol. The molecule has 0 spiro atoms. The maximum absolute atomic E-state index is 11.4. The molecule has 1 aliphatic heterocycles. The van der Waals surface area contributed by atoms with Crippen LogP contribution >= 0.6 is 0 Å². The lowest BCUT2D eigenvalue weighted by Gasteiger charge is -2.31. The van der Waals surface area contributed by atoms with Crippen molar-refractivity contribution in [2.24, 2.45) is 0 Å². The van der Waals surface area contributed by atoms with Gasteiger partial charge in [0.25, 0.3) is 0 Å². The Kier molecular flexibility index (Phi) is 3.71. The Labute approximate surface area is 107 Å². The number of likely N-dealkylation sites (tertiary alicyclic amines) is 1. The molecule has 1 aliphatic rings. The van der Waals surface area contributed by atoms with Crippen molar-refractivity contribution < 1.29 is 9.90 Å². The number of nitrogens with zero attached hydrogens (tertiary/aromatic N) is 3. The molecule has 0 bridgehead atoms. The van der Waals surface area contributed by atoms with E-state index in [0.717, 1.165) is 38.0 Å². The van der Waals surface area contributed by atoms with Gasteiger partial charge >= 0.3 is 5.97 Å². The van der Waals surface area contributed by atoms with Crippen LogP contribution in [0.25, 0.3) is 0 Å². The molecule has 1 unspecified atom stereocenters. The van der Waals surface area contributed by atoms with Crippen molar-refractivity contribution in [1.82, 2.24) is 14.7 Å². The molecule has 5 nitrogen and oxygen atoms in total. The van der Waals surface area contributed by atoms with Crippen LogP contribution in [0.5, 0.6) is 0 Å². The second-order valence-electron chi connectivity index (χ2n) is 5.15. The first-order valence-electron chi connectivity index (χ1n) is 6.57. The molecule has 18 heavy (non-hydrogen) atoms. The largest absolute Gasteiger partial charge is 0.480 e. The van der Waals surface area contributed by atoms with E-state index >= 15 is 0 Å². The molecule has 0 aromatic carbocycles. The van der Waals surface area contributed by atoms with Crippen LogP contribution in [0.2, 0.25) is 0 Å². The molecule has 0 amide bonds. The molecule has 1 saturated heterocycles. The standard InChI is InChI=1S/C13H21N3O2/c1-3-8-16-11(5-7-14-16)10-15-9-4-6-13(15,2)12(17)18/h5,7H,3-4,6,8-10H2,1-2H3,(H,17,18). The Morgan fingerprint density at radius 3 is 3.06 bits per heavy atom. The smallest absolute Gasteiger partial charge is 0.323 e. The zero-order chi connectivity index (χ0) is 13.2. The predicted octanol–water partition coefficient (Wildman–Crippen LogP) is 1.73. The summed E-state index contributed by atoms with van der Waals surface area (Å²) in [5.74, 6) is -0.721. The van der Waals surface area contributed by atoms with E-state index in [-0.39, 0.29) is 0 Å². The van der Waals surface area contributed by atoms with Crippen molar-refractivity contribution in [3.8, 4) is 0 Å². The summed E-state index contributed by atoms with van der Waals surface area (Å²) < 4.78 is 1.97. The van der Waals surface area contributed by atoms with Gasteiger partial charge in [-0.15, -0.1) is 0 Å². The lowest BCUT2D eigenvalue weighted by molar-refractivity contribution is -0.149. The Balaban J connectivity index is 2.13. The summed E-state index contributed by atoms with van der Waals surface area (Å²) in [6, 6.07) is 1.98. The van der Waals surface area contributed by atoms with Crippen molar-refractivity contribution in [2.75, 3.05) is 6.54 Å². The highest BCUT2D eigenvalue weighted by atomic mass is 16.4. The molecule has 1 atom stereocenters. The summed E-state index contributed by atoms with van der Waals surface area (Å²) in [5.41, 5.74) is 0.382. The van der Waals surface area contributed by atoms with Gasteiger partial charge in [0, 0.05) is 19.3 Å². The summed E-state index contributed by atoms with van der Waals surface area (Å²) in [6.07, 6.45) is 4.50. The highest BCUT2D eigenvalue weighted by Crippen LogP contribution is 2.30. The van der Waals surface area contributed by atoms with E-state index in [1.165, 1.54) is 0 Å². The van der Waals surface area contributed by atoms with Gasteiger partial charge in [0.15, 0.2) is 0 Å². The molecule has 0 radical (unpaired) electrons. The molecule has 100 valence electrons. The Morgan fingerprint density at radius 1 is 1.61 bits per heavy atom. The zero-order valence-corrected chi connectivity index (χ0v) is 11.1. The van der Waals surface area contributed by atoms with Gasteiger partial charge in [0.1, 0.15) is 5.54 Å². The third kappa shape index (κ3) is 2.27. The maximum Gasteiger partial charge on any atom is 0.323 e. The van der Waals surface area contributed by atoms with E-state index in [2.05, 4.69) is 16.9 Å². The van der Waals surface area contributed by atoms with E-state index in [0.29, 0.717) is 6.54 Å². The van der Waals surface area contributed by atoms with Crippen molar-refractivity contribution in [3.63, 3.8) is 0 Å². The first-order chi connectivity index (χ1) is 8.58. The lowest BCUT2D eigenvalue weighted by Crippen LogP contribution is -2.47. The minimum absolute atomic E-state index is 0.669. The normalized spacial score (nSPS) is 24.6. The quantitative estimate of drug-likeness (QED) is 0.866. The van der Waals surface area contributed by atoms with Crippen molar-refractivity contribution in [2.45, 2.75) is 51.7 Å². The molecule has 1 aromatic rings. The zero-order valence-electron chi connectivity index (χ0n) is 11.1. The van der Waals surface area contributed by atoms with Gasteiger partial charge < -0.3 is 5.11 Å². The summed E-state index contributed by atoms with van der Waals surface area (Å²) in [5, 5.41) is 13.7. The van der Waals surface area contributed by atoms with Crippen molar-refractivity contribution in [3.05, 3.63) is 18.0 Å². The molecule has 2 rings (SSSR count). The minimum Gasteiger partial charge on any atom is -0.480 e. The summed E-state index contributed by atoms with van der Waals surface area (Å²) >= 11 is 0. The fourth-order valence-electron chi connectivity index (χ4n) is 2.62. The third-order valence-corrected chi connectivity index (χ3v) is 3.84. The Bertz CT molecular complexity index is 430. The average Bonchev–Trinajstić information content (AvgIpc) is 2.90. The van der Waals surface area contributed by atoms with Crippen LogP contribution in [0.4, 0.5) is 0 Å². The molecule has 2 heterocycles. The second kappa shape index (κ2) is 5.10. The summed E-state index contributed by atoms with van der Waals surface area (Å²) in [6.45, 7) is 6.34. The highest BCUT2D eigenvalue weighted by Gasteiger charge is 2.43. The first kappa shape index (κ1) is 13.1. The summed E-state index contributed by atoms with van der Waals surface area (Å²) in [4.78, 5) is 13.5. The van der Waals surface area contributed by atoms with Gasteiger partial charge in [-0.3, -0.25) is 14.4 Å². The maximum atomic E-state index is 11.4. The Morgan fingerprint density at radius 2 is 2.39 bits per heavy atom. The van der Waals surface area contributed by atoms with E-state index in [9.17, 15) is 9.90 Å². The molecule has 0 aliphatic carbocycles. The van der Waals surface area contributed by atoms with Crippen LogP contribution in [0.1, 0.15) is 38.8 Å². The third-order valence-electron chi connectivity index (χ3n) is 3.84. The Hall–Kier alpha value is -1.36. The number of hydrogen-bond donors (Lipinski definition) is 1. The molecule has 1 fully saturated rings. The number of aryl methyl sites for hydroxylation is 1. The fourth-order valence-corrected chi connectivity index (χ4v) is 2.62. The van der Waals surface area contributed by atoms with E-state index in [4.69, 9.17) is 0 Å². The average molecular weight is 251 g/mol. The number of rotatable bonds is 5. The van der Waals surface area contributed by atoms with Crippen LogP contribution in [-0.2, 0) is 17.9 Å². The van der Waals surface area contributed by atoms with Crippen molar-refractivity contribution >= 4 is 5.97 Å². The van der Waals surface area contributed by atoms with Gasteiger partial charge in [-0.2, -0.15) is 5.10 Å². The number of aliphatic carboxylic acids is 1. The van der Waals surface area contributed by atoms with Gasteiger partial charge in [-0.05, 0) is 38.8 Å². The van der Waals surface area contributed by atoms with Crippen LogP contribution in [0, 0.1) is 0 Å². The number of carbonyl (C=O) groups is 1. The minimum atomic E-state index is -0.721. The van der Waals surface area contributed by atoms with Crippen molar-refractivity contribution in [1.29, 1.82) is 0 Å². The van der Waals surface area contributed by atoms with Gasteiger partial charge in [-0.1, -0.05) is 6.92 Å². The monoisotopic (exact) mass is 251 g/mol. The fraction of sp³-hybridized carbons (Fsp3) is 0.692. The number of hydrogen-bond acceptors (Lipinski definition) is 3. The lowest BCUT2D eigenvalue weighted by atomic mass is 9.99. The van der Waals surface area contributed by atoms with Crippen LogP contribution in [0.3, 0.4) is 0 Å². The number of aromatic nitrogens is 2. The molecular formula is C13H21N3O2. The number of carboxylic acids is 1. The van der Waals surface area contributed by atoms with Crippen LogP contribution in [0.15, 0.2) is 12.3 Å². The molecule has 5 heteroatoms. The second-order valence-corrected chi connectivity index (χ2v) is 5.15. The van der Waals surface area contributed by atoms with E-state index in [1.54, 1.807) is 6.20 Å². The topological polar surface area (TPSA) is 58.4 Å². The van der Waals surface area contributed by atoms with E-state index < -0.39 is 11.5 Å². The molecule has 1 N–H and O–H groups in total. The SMILES string of the molecule is CCCn1nccc1CN1CCCC1(C)C(=O)O. The molecule has 0 saturated carbocycles. The highest BCUT2D eigenvalue weighted by molar-refractivity contribution is 5.78. The summed E-state index contributed by atoms with van der Waals surface area (Å²) in [7, 11) is 0. The van der Waals surface area contributed by atoms with Gasteiger partial charge in [0.05, 0.1) is 5.69 Å². The van der Waals surface area contributed by atoms with Gasteiger partial charge in [-0.25, -0.2) is 0 Å². The van der Waals surface area contributed by atoms with Gasteiger partial charge in [0.2, 0.25) is 0 Å².